The predicted octanol–water partition coefficient (Wildman–Crippen LogP) is 2.91. The lowest BCUT2D eigenvalue weighted by atomic mass is 9.97. The second kappa shape index (κ2) is 2.51. The molecule has 0 radical (unpaired) electrons. The number of rotatable bonds is 0. The molecule has 1 nitrogen and oxygen atoms in total. The molecule has 64 valence electrons. The van der Waals surface area contributed by atoms with E-state index in [9.17, 15) is 0 Å². The summed E-state index contributed by atoms with van der Waals surface area (Å²) in [5.41, 5.74) is 4.15. The standard InChI is InChI=1S/C11H15N/c1-7-4-5-11-10(6-7)8(2)9(3)12-11/h4-6,8-9,12H,1-3H3/t8-,9+/m0/s1. The maximum absolute atomic E-state index is 3.47. The number of aryl methyl sites for hydroxylation is 1. The largest absolute Gasteiger partial charge is 0.382 e. The summed E-state index contributed by atoms with van der Waals surface area (Å²) >= 11 is 0. The number of hydrogen-bond acceptors (Lipinski definition) is 1. The molecule has 0 saturated carbocycles. The first kappa shape index (κ1) is 7.66. The van der Waals surface area contributed by atoms with E-state index in [0.29, 0.717) is 12.0 Å². The summed E-state index contributed by atoms with van der Waals surface area (Å²) in [4.78, 5) is 0. The normalized spacial score (nSPS) is 26.6. The van der Waals surface area contributed by atoms with Crippen LogP contribution in [0.4, 0.5) is 5.69 Å². The molecule has 0 unspecified atom stereocenters. The molecular formula is C11H15N. The van der Waals surface area contributed by atoms with Gasteiger partial charge in [-0.2, -0.15) is 0 Å². The van der Waals surface area contributed by atoms with E-state index >= 15 is 0 Å². The molecule has 0 aliphatic carbocycles. The van der Waals surface area contributed by atoms with Gasteiger partial charge in [0.2, 0.25) is 0 Å². The van der Waals surface area contributed by atoms with Crippen molar-refractivity contribution in [2.75, 3.05) is 5.32 Å². The molecule has 2 atom stereocenters. The van der Waals surface area contributed by atoms with Crippen LogP contribution in [-0.2, 0) is 0 Å². The van der Waals surface area contributed by atoms with Crippen molar-refractivity contribution >= 4 is 5.69 Å². The summed E-state index contributed by atoms with van der Waals surface area (Å²) in [5, 5.41) is 3.47. The molecule has 0 bridgehead atoms. The Morgan fingerprint density at radius 3 is 2.75 bits per heavy atom. The van der Waals surface area contributed by atoms with Gasteiger partial charge < -0.3 is 5.32 Å². The van der Waals surface area contributed by atoms with Crippen LogP contribution < -0.4 is 5.32 Å². The molecule has 0 fully saturated rings. The summed E-state index contributed by atoms with van der Waals surface area (Å²) in [7, 11) is 0. The highest BCUT2D eigenvalue weighted by Crippen LogP contribution is 2.35. The minimum Gasteiger partial charge on any atom is -0.382 e. The highest BCUT2D eigenvalue weighted by atomic mass is 15.0. The summed E-state index contributed by atoms with van der Waals surface area (Å²) < 4.78 is 0. The van der Waals surface area contributed by atoms with Crippen molar-refractivity contribution in [1.29, 1.82) is 0 Å². The monoisotopic (exact) mass is 161 g/mol. The zero-order valence-corrected chi connectivity index (χ0v) is 7.89. The van der Waals surface area contributed by atoms with E-state index in [2.05, 4.69) is 44.3 Å². The van der Waals surface area contributed by atoms with Crippen LogP contribution >= 0.6 is 0 Å². The first-order chi connectivity index (χ1) is 5.68. The lowest BCUT2D eigenvalue weighted by Gasteiger charge is -2.08. The van der Waals surface area contributed by atoms with Gasteiger partial charge in [0, 0.05) is 17.6 Å². The third kappa shape index (κ3) is 1.01. The van der Waals surface area contributed by atoms with Crippen molar-refractivity contribution in [3.05, 3.63) is 29.3 Å². The zero-order chi connectivity index (χ0) is 8.72. The Hall–Kier alpha value is -0.980. The Kier molecular flexibility index (Phi) is 1.60. The molecule has 1 heterocycles. The Bertz CT molecular complexity index is 304. The van der Waals surface area contributed by atoms with E-state index in [0.717, 1.165) is 0 Å². The Labute approximate surface area is 73.8 Å². The van der Waals surface area contributed by atoms with Gasteiger partial charge in [0.1, 0.15) is 0 Å². The molecule has 0 amide bonds. The molecule has 1 heteroatoms. The third-order valence-corrected chi connectivity index (χ3v) is 2.83. The van der Waals surface area contributed by atoms with Crippen molar-refractivity contribution < 1.29 is 0 Å². The Morgan fingerprint density at radius 1 is 1.25 bits per heavy atom. The van der Waals surface area contributed by atoms with Gasteiger partial charge in [-0.05, 0) is 25.5 Å². The zero-order valence-electron chi connectivity index (χ0n) is 7.89. The predicted molar refractivity (Wildman–Crippen MR) is 52.7 cm³/mol. The summed E-state index contributed by atoms with van der Waals surface area (Å²) in [5.74, 6) is 0.653. The van der Waals surface area contributed by atoms with Crippen molar-refractivity contribution in [3.63, 3.8) is 0 Å². The van der Waals surface area contributed by atoms with Crippen molar-refractivity contribution in [3.8, 4) is 0 Å². The maximum Gasteiger partial charge on any atom is 0.0378 e. The number of benzene rings is 1. The van der Waals surface area contributed by atoms with Crippen LogP contribution in [0.2, 0.25) is 0 Å². The first-order valence-electron chi connectivity index (χ1n) is 4.55. The molecule has 1 aliphatic rings. The van der Waals surface area contributed by atoms with Crippen molar-refractivity contribution in [2.45, 2.75) is 32.7 Å². The van der Waals surface area contributed by atoms with Gasteiger partial charge in [0.15, 0.2) is 0 Å². The molecule has 1 aromatic rings. The van der Waals surface area contributed by atoms with E-state index in [1.807, 2.05) is 0 Å². The van der Waals surface area contributed by atoms with Gasteiger partial charge in [-0.25, -0.2) is 0 Å². The molecular weight excluding hydrogens is 146 g/mol. The Balaban J connectivity index is 2.48. The first-order valence-corrected chi connectivity index (χ1v) is 4.55. The van der Waals surface area contributed by atoms with Gasteiger partial charge >= 0.3 is 0 Å². The lowest BCUT2D eigenvalue weighted by Crippen LogP contribution is -2.12. The van der Waals surface area contributed by atoms with Crippen molar-refractivity contribution in [2.24, 2.45) is 0 Å². The highest BCUT2D eigenvalue weighted by molar-refractivity contribution is 5.59. The fraction of sp³-hybridized carbons (Fsp3) is 0.455. The van der Waals surface area contributed by atoms with E-state index in [1.54, 1.807) is 0 Å². The van der Waals surface area contributed by atoms with E-state index in [4.69, 9.17) is 0 Å². The summed E-state index contributed by atoms with van der Waals surface area (Å²) in [6.07, 6.45) is 0. The van der Waals surface area contributed by atoms with Crippen LogP contribution in [0.1, 0.15) is 30.9 Å². The smallest absolute Gasteiger partial charge is 0.0378 e. The molecule has 1 N–H and O–H groups in total. The summed E-state index contributed by atoms with van der Waals surface area (Å²) in [6.45, 7) is 6.67. The Morgan fingerprint density at radius 2 is 2.00 bits per heavy atom. The van der Waals surface area contributed by atoms with Crippen LogP contribution in [0.25, 0.3) is 0 Å². The SMILES string of the molecule is Cc1ccc2c(c1)[C@@H](C)[C@@H](C)N2. The number of hydrogen-bond donors (Lipinski definition) is 1. The quantitative estimate of drug-likeness (QED) is 0.617. The molecule has 0 aromatic heterocycles. The van der Waals surface area contributed by atoms with Gasteiger partial charge in [-0.1, -0.05) is 24.6 Å². The van der Waals surface area contributed by atoms with Crippen LogP contribution in [0.3, 0.4) is 0 Å². The second-order valence-electron chi connectivity index (χ2n) is 3.81. The number of fused-ring (bicyclic) bond motifs is 1. The number of anilines is 1. The average molecular weight is 161 g/mol. The van der Waals surface area contributed by atoms with E-state index < -0.39 is 0 Å². The average Bonchev–Trinajstić information content (AvgIpc) is 2.31. The molecule has 12 heavy (non-hydrogen) atoms. The van der Waals surface area contributed by atoms with E-state index in [1.165, 1.54) is 16.8 Å². The second-order valence-corrected chi connectivity index (χ2v) is 3.81. The number of nitrogens with one attached hydrogen (secondary N) is 1. The van der Waals surface area contributed by atoms with Gasteiger partial charge in [0.25, 0.3) is 0 Å². The lowest BCUT2D eigenvalue weighted by molar-refractivity contribution is 0.690. The minimum atomic E-state index is 0.585. The maximum atomic E-state index is 3.47. The minimum absolute atomic E-state index is 0.585. The topological polar surface area (TPSA) is 12.0 Å². The molecule has 1 aliphatic heterocycles. The van der Waals surface area contributed by atoms with Crippen LogP contribution in [0, 0.1) is 6.92 Å². The van der Waals surface area contributed by atoms with Crippen molar-refractivity contribution in [1.82, 2.24) is 0 Å². The molecule has 0 spiro atoms. The van der Waals surface area contributed by atoms with Crippen LogP contribution in [0.5, 0.6) is 0 Å². The van der Waals surface area contributed by atoms with E-state index in [-0.39, 0.29) is 0 Å². The fourth-order valence-electron chi connectivity index (χ4n) is 1.83. The fourth-order valence-corrected chi connectivity index (χ4v) is 1.83. The van der Waals surface area contributed by atoms with Crippen LogP contribution in [-0.4, -0.2) is 6.04 Å². The van der Waals surface area contributed by atoms with Gasteiger partial charge in [0.05, 0.1) is 0 Å². The molecule has 0 saturated heterocycles. The third-order valence-electron chi connectivity index (χ3n) is 2.83. The van der Waals surface area contributed by atoms with Gasteiger partial charge in [-0.3, -0.25) is 0 Å². The molecule has 2 rings (SSSR count). The highest BCUT2D eigenvalue weighted by Gasteiger charge is 2.24. The molecule has 1 aromatic carbocycles. The van der Waals surface area contributed by atoms with Gasteiger partial charge in [-0.15, -0.1) is 0 Å². The summed E-state index contributed by atoms with van der Waals surface area (Å²) in [6, 6.07) is 7.22. The van der Waals surface area contributed by atoms with Crippen LogP contribution in [0.15, 0.2) is 18.2 Å².